The molecule has 6 nitrogen and oxygen atoms in total. The Balaban J connectivity index is 1.75. The van der Waals surface area contributed by atoms with E-state index >= 15 is 0 Å². The average molecular weight is 365 g/mol. The summed E-state index contributed by atoms with van der Waals surface area (Å²) in [7, 11) is -1.36. The van der Waals surface area contributed by atoms with Gasteiger partial charge in [-0.1, -0.05) is 18.8 Å². The van der Waals surface area contributed by atoms with Gasteiger partial charge in [0.2, 0.25) is 5.95 Å². The third kappa shape index (κ3) is 7.00. The van der Waals surface area contributed by atoms with E-state index in [0.717, 1.165) is 56.4 Å². The molecule has 0 atom stereocenters. The van der Waals surface area contributed by atoms with E-state index in [9.17, 15) is 8.42 Å². The molecule has 1 aromatic rings. The molecule has 7 heteroatoms. The Morgan fingerprint density at radius 1 is 1.24 bits per heavy atom. The highest BCUT2D eigenvalue weighted by molar-refractivity contribution is 7.86. The molecule has 0 radical (unpaired) electrons. The number of aromatic nitrogens is 2. The summed E-state index contributed by atoms with van der Waals surface area (Å²) >= 11 is 0. The minimum absolute atomic E-state index is 0.0490. The zero-order valence-corrected chi connectivity index (χ0v) is 16.1. The van der Waals surface area contributed by atoms with Gasteiger partial charge >= 0.3 is 0 Å². The summed E-state index contributed by atoms with van der Waals surface area (Å²) in [6.07, 6.45) is 10.1. The lowest BCUT2D eigenvalue weighted by atomic mass is 9.82. The van der Waals surface area contributed by atoms with Crippen molar-refractivity contribution in [2.75, 3.05) is 31.4 Å². The zero-order chi connectivity index (χ0) is 18.3. The molecule has 1 aliphatic carbocycles. The Bertz CT molecular complexity index is 699. The Hall–Kier alpha value is -1.65. The lowest BCUT2D eigenvalue weighted by Gasteiger charge is -2.29. The van der Waals surface area contributed by atoms with Crippen LogP contribution in [0.2, 0.25) is 0 Å². The van der Waals surface area contributed by atoms with Gasteiger partial charge in [-0.25, -0.2) is 9.97 Å². The molecular formula is C18H27N3O3S. The summed E-state index contributed by atoms with van der Waals surface area (Å²) in [5, 5.41) is 0. The third-order valence-corrected chi connectivity index (χ3v) is 5.02. The molecule has 0 unspecified atom stereocenters. The van der Waals surface area contributed by atoms with E-state index in [1.807, 2.05) is 19.4 Å². The molecule has 0 spiro atoms. The maximum Gasteiger partial charge on any atom is 0.265 e. The lowest BCUT2D eigenvalue weighted by Crippen LogP contribution is -2.29. The van der Waals surface area contributed by atoms with Crippen molar-refractivity contribution in [1.29, 1.82) is 0 Å². The number of anilines is 1. The maximum absolute atomic E-state index is 10.9. The van der Waals surface area contributed by atoms with Crippen molar-refractivity contribution in [3.8, 4) is 11.8 Å². The minimum Gasteiger partial charge on any atom is -0.344 e. The van der Waals surface area contributed by atoms with Crippen LogP contribution in [0.15, 0.2) is 12.4 Å². The number of hydrogen-bond donors (Lipinski definition) is 0. The highest BCUT2D eigenvalue weighted by atomic mass is 32.2. The predicted molar refractivity (Wildman–Crippen MR) is 98.7 cm³/mol. The molecular weight excluding hydrogens is 338 g/mol. The Morgan fingerprint density at radius 3 is 2.44 bits per heavy atom. The van der Waals surface area contributed by atoms with Crippen molar-refractivity contribution in [2.45, 2.75) is 39.0 Å². The van der Waals surface area contributed by atoms with Gasteiger partial charge in [0, 0.05) is 31.9 Å². The Morgan fingerprint density at radius 2 is 1.88 bits per heavy atom. The summed E-state index contributed by atoms with van der Waals surface area (Å²) < 4.78 is 26.4. The van der Waals surface area contributed by atoms with Gasteiger partial charge < -0.3 is 4.90 Å². The molecule has 0 saturated heterocycles. The molecule has 1 aliphatic rings. The van der Waals surface area contributed by atoms with E-state index in [1.165, 1.54) is 0 Å². The third-order valence-electron chi connectivity index (χ3n) is 4.47. The number of nitrogens with zero attached hydrogens (tertiary/aromatic N) is 3. The minimum atomic E-state index is -3.40. The van der Waals surface area contributed by atoms with Crippen molar-refractivity contribution in [3.63, 3.8) is 0 Å². The van der Waals surface area contributed by atoms with Gasteiger partial charge in [-0.05, 0) is 43.6 Å². The topological polar surface area (TPSA) is 72.4 Å². The van der Waals surface area contributed by atoms with E-state index in [-0.39, 0.29) is 6.61 Å². The molecule has 138 valence electrons. The van der Waals surface area contributed by atoms with Gasteiger partial charge in [0.15, 0.2) is 0 Å². The van der Waals surface area contributed by atoms with Crippen LogP contribution in [0.1, 0.15) is 38.2 Å². The van der Waals surface area contributed by atoms with Gasteiger partial charge in [-0.2, -0.15) is 8.42 Å². The van der Waals surface area contributed by atoms with E-state index in [4.69, 9.17) is 0 Å². The van der Waals surface area contributed by atoms with Crippen molar-refractivity contribution in [3.05, 3.63) is 18.0 Å². The molecule has 0 N–H and O–H groups in total. The largest absolute Gasteiger partial charge is 0.344 e. The Kier molecular flexibility index (Phi) is 7.21. The molecule has 25 heavy (non-hydrogen) atoms. The molecule has 1 fully saturated rings. The number of rotatable bonds is 6. The predicted octanol–water partition coefficient (Wildman–Crippen LogP) is 2.26. The smallest absolute Gasteiger partial charge is 0.265 e. The van der Waals surface area contributed by atoms with Crippen LogP contribution in [0.4, 0.5) is 5.95 Å². The maximum atomic E-state index is 10.9. The molecule has 1 aromatic heterocycles. The normalized spacial score (nSPS) is 20.6. The van der Waals surface area contributed by atoms with Crippen LogP contribution in [-0.2, 0) is 20.7 Å². The molecule has 0 aliphatic heterocycles. The fourth-order valence-corrected chi connectivity index (χ4v) is 3.28. The van der Waals surface area contributed by atoms with Gasteiger partial charge in [0.1, 0.15) is 6.61 Å². The monoisotopic (exact) mass is 365 g/mol. The molecule has 1 heterocycles. The first-order valence-electron chi connectivity index (χ1n) is 8.72. The summed E-state index contributed by atoms with van der Waals surface area (Å²) in [6.45, 7) is 2.99. The van der Waals surface area contributed by atoms with Gasteiger partial charge in [0.05, 0.1) is 6.26 Å². The summed E-state index contributed by atoms with van der Waals surface area (Å²) in [5.74, 6) is 7.69. The number of hydrogen-bond acceptors (Lipinski definition) is 6. The van der Waals surface area contributed by atoms with E-state index < -0.39 is 10.1 Å². The van der Waals surface area contributed by atoms with Crippen LogP contribution < -0.4 is 4.90 Å². The standard InChI is InChI=1S/C18H27N3O3S/c1-4-15-12-19-18(20-13-15)21(2)14-17-9-7-16(8-10-17)6-5-11-24-25(3,22)23/h12-13,16-17H,4,7-11,14H2,1-3H3. The lowest BCUT2D eigenvalue weighted by molar-refractivity contribution is 0.318. The van der Waals surface area contributed by atoms with Gasteiger partial charge in [0.25, 0.3) is 10.1 Å². The van der Waals surface area contributed by atoms with Crippen molar-refractivity contribution >= 4 is 16.1 Å². The first kappa shape index (κ1) is 19.7. The fraction of sp³-hybridized carbons (Fsp3) is 0.667. The molecule has 2 rings (SSSR count). The highest BCUT2D eigenvalue weighted by Crippen LogP contribution is 2.29. The highest BCUT2D eigenvalue weighted by Gasteiger charge is 2.21. The van der Waals surface area contributed by atoms with E-state index in [0.29, 0.717) is 11.8 Å². The van der Waals surface area contributed by atoms with Crippen LogP contribution in [0.5, 0.6) is 0 Å². The summed E-state index contributed by atoms with van der Waals surface area (Å²) in [4.78, 5) is 11.0. The van der Waals surface area contributed by atoms with Crippen LogP contribution in [-0.4, -0.2) is 44.8 Å². The molecule has 0 amide bonds. The fourth-order valence-electron chi connectivity index (χ4n) is 3.01. The Labute approximate surface area is 151 Å². The second-order valence-electron chi connectivity index (χ2n) is 6.63. The zero-order valence-electron chi connectivity index (χ0n) is 15.2. The number of aryl methyl sites for hydroxylation is 1. The first-order chi connectivity index (χ1) is 11.9. The SMILES string of the molecule is CCc1cnc(N(C)CC2CCC(C#CCOS(C)(=O)=O)CC2)nc1. The second-order valence-corrected chi connectivity index (χ2v) is 8.27. The van der Waals surface area contributed by atoms with Crippen LogP contribution >= 0.6 is 0 Å². The van der Waals surface area contributed by atoms with Crippen LogP contribution in [0.25, 0.3) is 0 Å². The van der Waals surface area contributed by atoms with Gasteiger partial charge in [-0.3, -0.25) is 4.18 Å². The van der Waals surface area contributed by atoms with Crippen LogP contribution in [0.3, 0.4) is 0 Å². The molecule has 1 saturated carbocycles. The summed E-state index contributed by atoms with van der Waals surface area (Å²) in [5.41, 5.74) is 1.15. The van der Waals surface area contributed by atoms with Crippen molar-refractivity contribution in [2.24, 2.45) is 11.8 Å². The van der Waals surface area contributed by atoms with Gasteiger partial charge in [-0.15, -0.1) is 0 Å². The van der Waals surface area contributed by atoms with E-state index in [1.54, 1.807) is 0 Å². The van der Waals surface area contributed by atoms with Crippen molar-refractivity contribution in [1.82, 2.24) is 9.97 Å². The summed E-state index contributed by atoms with van der Waals surface area (Å²) in [6, 6.07) is 0. The van der Waals surface area contributed by atoms with E-state index in [2.05, 4.69) is 37.8 Å². The molecule has 0 aromatic carbocycles. The van der Waals surface area contributed by atoms with Crippen LogP contribution in [0, 0.1) is 23.7 Å². The first-order valence-corrected chi connectivity index (χ1v) is 10.5. The molecule has 0 bridgehead atoms. The second kappa shape index (κ2) is 9.16. The van der Waals surface area contributed by atoms with Crippen molar-refractivity contribution < 1.29 is 12.6 Å². The quantitative estimate of drug-likeness (QED) is 0.569. The average Bonchev–Trinajstić information content (AvgIpc) is 2.59.